The molecule has 1 aliphatic rings. The van der Waals surface area contributed by atoms with Gasteiger partial charge in [-0.2, -0.15) is 0 Å². The molecule has 1 aliphatic carbocycles. The van der Waals surface area contributed by atoms with E-state index in [1.807, 2.05) is 6.92 Å². The highest BCUT2D eigenvalue weighted by Crippen LogP contribution is 2.40. The summed E-state index contributed by atoms with van der Waals surface area (Å²) in [5, 5.41) is 12.2. The highest BCUT2D eigenvalue weighted by Gasteiger charge is 2.23. The maximum Gasteiger partial charge on any atom is 0.320 e. The summed E-state index contributed by atoms with van der Waals surface area (Å²) in [5.41, 5.74) is 2.58. The van der Waals surface area contributed by atoms with E-state index in [1.54, 1.807) is 0 Å². The van der Waals surface area contributed by atoms with Crippen molar-refractivity contribution in [2.75, 3.05) is 0 Å². The van der Waals surface area contributed by atoms with E-state index in [2.05, 4.69) is 29.6 Å². The molecule has 0 saturated heterocycles. The summed E-state index contributed by atoms with van der Waals surface area (Å²) in [5.74, 6) is -0.00828. The summed E-state index contributed by atoms with van der Waals surface area (Å²) in [6.07, 6.45) is 4.15. The molecule has 18 heavy (non-hydrogen) atoms. The minimum Gasteiger partial charge on any atom is -0.480 e. The van der Waals surface area contributed by atoms with Crippen LogP contribution in [-0.4, -0.2) is 17.1 Å². The fourth-order valence-electron chi connectivity index (χ4n) is 2.22. The van der Waals surface area contributed by atoms with Gasteiger partial charge in [-0.3, -0.25) is 4.79 Å². The molecule has 0 bridgehead atoms. The van der Waals surface area contributed by atoms with Crippen LogP contribution in [0, 0.1) is 0 Å². The van der Waals surface area contributed by atoms with Crippen LogP contribution >= 0.6 is 0 Å². The molecule has 0 radical (unpaired) electrons. The van der Waals surface area contributed by atoms with E-state index in [1.165, 1.54) is 24.0 Å². The average Bonchev–Trinajstić information content (AvgIpc) is 3.18. The smallest absolute Gasteiger partial charge is 0.320 e. The first kappa shape index (κ1) is 13.1. The van der Waals surface area contributed by atoms with Crippen LogP contribution in [0.15, 0.2) is 24.3 Å². The Labute approximate surface area is 108 Å². The molecule has 1 aromatic carbocycles. The van der Waals surface area contributed by atoms with Gasteiger partial charge in [-0.25, -0.2) is 0 Å². The molecule has 0 amide bonds. The third-order valence-electron chi connectivity index (χ3n) is 3.43. The van der Waals surface area contributed by atoms with Gasteiger partial charge in [0.25, 0.3) is 0 Å². The zero-order chi connectivity index (χ0) is 13.0. The summed E-state index contributed by atoms with van der Waals surface area (Å²) in [7, 11) is 0. The fourth-order valence-corrected chi connectivity index (χ4v) is 2.22. The molecular weight excluding hydrogens is 226 g/mol. The Morgan fingerprint density at radius 2 is 2.28 bits per heavy atom. The number of nitrogens with one attached hydrogen (secondary N) is 1. The highest BCUT2D eigenvalue weighted by molar-refractivity contribution is 5.73. The monoisotopic (exact) mass is 247 g/mol. The molecular formula is C15H21NO2. The predicted molar refractivity (Wildman–Crippen MR) is 71.6 cm³/mol. The summed E-state index contributed by atoms with van der Waals surface area (Å²) in [4.78, 5) is 11.0. The minimum absolute atomic E-state index is 0.431. The Morgan fingerprint density at radius 1 is 1.50 bits per heavy atom. The van der Waals surface area contributed by atoms with E-state index in [-0.39, 0.29) is 0 Å². The molecule has 2 rings (SSSR count). The molecule has 0 aliphatic heterocycles. The van der Waals surface area contributed by atoms with Crippen LogP contribution in [0.4, 0.5) is 0 Å². The molecule has 3 nitrogen and oxygen atoms in total. The van der Waals surface area contributed by atoms with Gasteiger partial charge in [0.1, 0.15) is 6.04 Å². The molecule has 1 unspecified atom stereocenters. The van der Waals surface area contributed by atoms with E-state index >= 15 is 0 Å². The molecule has 0 spiro atoms. The second-order valence-electron chi connectivity index (χ2n) is 5.08. The zero-order valence-corrected chi connectivity index (χ0v) is 10.9. The van der Waals surface area contributed by atoms with Gasteiger partial charge in [-0.05, 0) is 36.3 Å². The van der Waals surface area contributed by atoms with E-state index in [0.717, 1.165) is 12.3 Å². The van der Waals surface area contributed by atoms with Crippen LogP contribution in [-0.2, 0) is 11.3 Å². The van der Waals surface area contributed by atoms with E-state index in [0.29, 0.717) is 13.0 Å². The van der Waals surface area contributed by atoms with Crippen LogP contribution in [0.1, 0.15) is 49.7 Å². The van der Waals surface area contributed by atoms with Crippen molar-refractivity contribution < 1.29 is 9.90 Å². The first-order valence-electron chi connectivity index (χ1n) is 6.75. The normalized spacial score (nSPS) is 16.5. The first-order chi connectivity index (χ1) is 8.70. The second kappa shape index (κ2) is 6.01. The van der Waals surface area contributed by atoms with E-state index < -0.39 is 12.0 Å². The largest absolute Gasteiger partial charge is 0.480 e. The third kappa shape index (κ3) is 3.57. The van der Waals surface area contributed by atoms with Crippen LogP contribution < -0.4 is 5.32 Å². The molecule has 3 heteroatoms. The summed E-state index contributed by atoms with van der Waals surface area (Å²) in [6.45, 7) is 2.64. The number of aliphatic carboxylic acids is 1. The molecule has 98 valence electrons. The number of benzene rings is 1. The van der Waals surface area contributed by atoms with Crippen LogP contribution in [0.3, 0.4) is 0 Å². The maximum atomic E-state index is 11.0. The number of carboxylic acids is 1. The Balaban J connectivity index is 1.91. The maximum absolute atomic E-state index is 11.0. The predicted octanol–water partition coefficient (Wildman–Crippen LogP) is 2.91. The Kier molecular flexibility index (Phi) is 4.37. The van der Waals surface area contributed by atoms with Crippen molar-refractivity contribution in [1.82, 2.24) is 5.32 Å². The quantitative estimate of drug-likeness (QED) is 0.779. The van der Waals surface area contributed by atoms with Crippen LogP contribution in [0.25, 0.3) is 0 Å². The van der Waals surface area contributed by atoms with Crippen LogP contribution in [0.2, 0.25) is 0 Å². The zero-order valence-electron chi connectivity index (χ0n) is 10.9. The number of hydrogen-bond donors (Lipinski definition) is 2. The number of carboxylic acid groups (broad SMARTS) is 1. The molecule has 0 heterocycles. The number of rotatable bonds is 7. The van der Waals surface area contributed by atoms with Gasteiger partial charge in [-0.1, -0.05) is 37.6 Å². The van der Waals surface area contributed by atoms with Crippen molar-refractivity contribution >= 4 is 5.97 Å². The summed E-state index contributed by atoms with van der Waals surface area (Å²) >= 11 is 0. The topological polar surface area (TPSA) is 49.3 Å². The van der Waals surface area contributed by atoms with Crippen molar-refractivity contribution in [2.24, 2.45) is 0 Å². The lowest BCUT2D eigenvalue weighted by Gasteiger charge is -2.13. The van der Waals surface area contributed by atoms with Gasteiger partial charge in [0, 0.05) is 6.54 Å². The Morgan fingerprint density at radius 3 is 2.89 bits per heavy atom. The van der Waals surface area contributed by atoms with Gasteiger partial charge < -0.3 is 10.4 Å². The van der Waals surface area contributed by atoms with E-state index in [9.17, 15) is 4.79 Å². The van der Waals surface area contributed by atoms with Crippen molar-refractivity contribution in [1.29, 1.82) is 0 Å². The SMILES string of the molecule is CCCC(NCc1cccc(C2CC2)c1)C(=O)O. The lowest BCUT2D eigenvalue weighted by atomic mass is 10.1. The summed E-state index contributed by atoms with van der Waals surface area (Å²) in [6, 6.07) is 8.07. The van der Waals surface area contributed by atoms with Gasteiger partial charge in [0.15, 0.2) is 0 Å². The molecule has 1 aromatic rings. The van der Waals surface area contributed by atoms with Crippen molar-refractivity contribution in [2.45, 2.75) is 51.1 Å². The first-order valence-corrected chi connectivity index (χ1v) is 6.75. The fraction of sp³-hybridized carbons (Fsp3) is 0.533. The summed E-state index contributed by atoms with van der Waals surface area (Å²) < 4.78 is 0. The van der Waals surface area contributed by atoms with Crippen LogP contribution in [0.5, 0.6) is 0 Å². The number of hydrogen-bond acceptors (Lipinski definition) is 2. The lowest BCUT2D eigenvalue weighted by Crippen LogP contribution is -2.35. The molecule has 1 fully saturated rings. The van der Waals surface area contributed by atoms with Crippen molar-refractivity contribution in [3.63, 3.8) is 0 Å². The van der Waals surface area contributed by atoms with Gasteiger partial charge in [0.2, 0.25) is 0 Å². The van der Waals surface area contributed by atoms with E-state index in [4.69, 9.17) is 5.11 Å². The molecule has 1 saturated carbocycles. The van der Waals surface area contributed by atoms with Gasteiger partial charge >= 0.3 is 5.97 Å². The van der Waals surface area contributed by atoms with Crippen molar-refractivity contribution in [3.8, 4) is 0 Å². The minimum atomic E-state index is -0.754. The van der Waals surface area contributed by atoms with Gasteiger partial charge in [-0.15, -0.1) is 0 Å². The second-order valence-corrected chi connectivity index (χ2v) is 5.08. The van der Waals surface area contributed by atoms with Crippen molar-refractivity contribution in [3.05, 3.63) is 35.4 Å². The standard InChI is InChI=1S/C15H21NO2/c1-2-4-14(15(17)18)16-10-11-5-3-6-13(9-11)12-7-8-12/h3,5-6,9,12,14,16H,2,4,7-8,10H2,1H3,(H,17,18). The van der Waals surface area contributed by atoms with Gasteiger partial charge in [0.05, 0.1) is 0 Å². The third-order valence-corrected chi connectivity index (χ3v) is 3.43. The molecule has 2 N–H and O–H groups in total. The number of carbonyl (C=O) groups is 1. The lowest BCUT2D eigenvalue weighted by molar-refractivity contribution is -0.139. The molecule has 1 atom stereocenters. The highest BCUT2D eigenvalue weighted by atomic mass is 16.4. The Hall–Kier alpha value is -1.35. The molecule has 0 aromatic heterocycles. The Bertz CT molecular complexity index is 413. The average molecular weight is 247 g/mol.